The van der Waals surface area contributed by atoms with Crippen molar-refractivity contribution in [1.82, 2.24) is 20.0 Å². The molecule has 0 saturated heterocycles. The molecule has 9 nitrogen and oxygen atoms in total. The van der Waals surface area contributed by atoms with Gasteiger partial charge in [0.25, 0.3) is 0 Å². The zero-order chi connectivity index (χ0) is 14.0. The number of nitrogens with zero attached hydrogens (tertiary/aromatic N) is 5. The van der Waals surface area contributed by atoms with Gasteiger partial charge in [0.2, 0.25) is 5.89 Å². The van der Waals surface area contributed by atoms with Gasteiger partial charge in [0, 0.05) is 7.11 Å². The summed E-state index contributed by atoms with van der Waals surface area (Å²) in [5.41, 5.74) is -0.0763. The quantitative estimate of drug-likeness (QED) is 0.589. The highest BCUT2D eigenvalue weighted by Crippen LogP contribution is 2.22. The van der Waals surface area contributed by atoms with Crippen molar-refractivity contribution in [2.24, 2.45) is 0 Å². The van der Waals surface area contributed by atoms with Gasteiger partial charge in [0.15, 0.2) is 6.20 Å². The topological polar surface area (TPSA) is 109 Å². The number of nitro groups is 1. The van der Waals surface area contributed by atoms with Crippen molar-refractivity contribution in [3.63, 3.8) is 0 Å². The van der Waals surface area contributed by atoms with Gasteiger partial charge in [-0.1, -0.05) is 4.80 Å². The molecule has 0 fully saturated rings. The number of ether oxygens (including phenoxy) is 1. The highest BCUT2D eigenvalue weighted by Gasteiger charge is 2.26. The number of oxazole rings is 1. The van der Waals surface area contributed by atoms with E-state index < -0.39 is 10.5 Å². The maximum absolute atomic E-state index is 10.5. The molecule has 2 rings (SSSR count). The summed E-state index contributed by atoms with van der Waals surface area (Å²) in [5, 5.41) is 17.9. The summed E-state index contributed by atoms with van der Waals surface area (Å²) < 4.78 is 10.5. The first kappa shape index (κ1) is 13.1. The third kappa shape index (κ3) is 2.76. The van der Waals surface area contributed by atoms with Gasteiger partial charge >= 0.3 is 5.82 Å². The summed E-state index contributed by atoms with van der Waals surface area (Å²) in [6.45, 7) is 3.83. The van der Waals surface area contributed by atoms with Crippen molar-refractivity contribution in [2.45, 2.75) is 26.0 Å². The van der Waals surface area contributed by atoms with Gasteiger partial charge < -0.3 is 19.3 Å². The van der Waals surface area contributed by atoms with Crippen molar-refractivity contribution in [3.05, 3.63) is 34.2 Å². The summed E-state index contributed by atoms with van der Waals surface area (Å²) >= 11 is 0. The van der Waals surface area contributed by atoms with E-state index in [0.29, 0.717) is 11.6 Å². The average Bonchev–Trinajstić information content (AvgIpc) is 2.99. The molecule has 2 aromatic rings. The summed E-state index contributed by atoms with van der Waals surface area (Å²) in [4.78, 5) is 15.3. The number of methoxy groups -OCH3 is 1. The molecule has 0 aliphatic carbocycles. The molecule has 0 spiro atoms. The summed E-state index contributed by atoms with van der Waals surface area (Å²) in [5.74, 6) is 0.118. The van der Waals surface area contributed by atoms with Crippen molar-refractivity contribution in [2.75, 3.05) is 7.11 Å². The van der Waals surface area contributed by atoms with E-state index in [0.717, 1.165) is 6.20 Å². The van der Waals surface area contributed by atoms with Crippen LogP contribution >= 0.6 is 0 Å². The Morgan fingerprint density at radius 2 is 2.32 bits per heavy atom. The first-order chi connectivity index (χ1) is 8.92. The van der Waals surface area contributed by atoms with E-state index in [9.17, 15) is 10.1 Å². The molecule has 0 atom stereocenters. The minimum absolute atomic E-state index is 0.192. The molecule has 102 valence electrons. The molecule has 0 radical (unpaired) electrons. The fourth-order valence-electron chi connectivity index (χ4n) is 1.34. The minimum Gasteiger partial charge on any atom is -0.446 e. The fraction of sp³-hybridized carbons (Fsp3) is 0.500. The van der Waals surface area contributed by atoms with Crippen LogP contribution in [-0.4, -0.2) is 32.0 Å². The lowest BCUT2D eigenvalue weighted by Crippen LogP contribution is -2.20. The highest BCUT2D eigenvalue weighted by atomic mass is 16.6. The average molecular weight is 267 g/mol. The van der Waals surface area contributed by atoms with Crippen LogP contribution in [0.25, 0.3) is 0 Å². The molecule has 0 saturated carbocycles. The van der Waals surface area contributed by atoms with Crippen LogP contribution in [0.4, 0.5) is 5.82 Å². The Labute approximate surface area is 108 Å². The summed E-state index contributed by atoms with van der Waals surface area (Å²) in [6.07, 6.45) is 2.53. The zero-order valence-corrected chi connectivity index (χ0v) is 10.7. The largest absolute Gasteiger partial charge is 0.446 e. The maximum atomic E-state index is 10.5. The lowest BCUT2D eigenvalue weighted by Gasteiger charge is -2.17. The third-order valence-electron chi connectivity index (χ3n) is 2.59. The lowest BCUT2D eigenvalue weighted by molar-refractivity contribution is -0.389. The summed E-state index contributed by atoms with van der Waals surface area (Å²) in [6, 6.07) is 0. The first-order valence-corrected chi connectivity index (χ1v) is 5.47. The van der Waals surface area contributed by atoms with E-state index in [1.165, 1.54) is 11.1 Å². The molecular weight excluding hydrogens is 254 g/mol. The van der Waals surface area contributed by atoms with E-state index in [4.69, 9.17) is 9.15 Å². The second-order valence-electron chi connectivity index (χ2n) is 4.35. The standard InChI is InChI=1S/C10H13N5O4/c1-10(2,18-3)9-12-7(6-19-9)5-14-11-4-8(13-14)15(16)17/h4,6H,5H2,1-3H3. The van der Waals surface area contributed by atoms with Crippen molar-refractivity contribution < 1.29 is 14.1 Å². The Morgan fingerprint density at radius 3 is 2.89 bits per heavy atom. The van der Waals surface area contributed by atoms with Crippen molar-refractivity contribution in [3.8, 4) is 0 Å². The molecule has 2 aromatic heterocycles. The minimum atomic E-state index is -0.637. The van der Waals surface area contributed by atoms with Crippen LogP contribution in [0.2, 0.25) is 0 Å². The summed E-state index contributed by atoms with van der Waals surface area (Å²) in [7, 11) is 1.56. The highest BCUT2D eigenvalue weighted by molar-refractivity contribution is 5.09. The molecule has 0 unspecified atom stereocenters. The Balaban J connectivity index is 2.13. The molecule has 0 amide bonds. The van der Waals surface area contributed by atoms with Gasteiger partial charge in [0.1, 0.15) is 24.1 Å². The van der Waals surface area contributed by atoms with E-state index in [1.54, 1.807) is 7.11 Å². The third-order valence-corrected chi connectivity index (χ3v) is 2.59. The smallest absolute Gasteiger partial charge is 0.410 e. The van der Waals surface area contributed by atoms with E-state index in [2.05, 4.69) is 15.2 Å². The second-order valence-corrected chi connectivity index (χ2v) is 4.35. The second kappa shape index (κ2) is 4.76. The lowest BCUT2D eigenvalue weighted by atomic mass is 10.1. The van der Waals surface area contributed by atoms with Crippen LogP contribution in [0.5, 0.6) is 0 Å². The van der Waals surface area contributed by atoms with Crippen molar-refractivity contribution in [1.29, 1.82) is 0 Å². The Bertz CT molecular complexity index is 588. The normalized spacial score (nSPS) is 11.7. The van der Waals surface area contributed by atoms with Crippen molar-refractivity contribution >= 4 is 5.82 Å². The number of aromatic nitrogens is 4. The van der Waals surface area contributed by atoms with Gasteiger partial charge in [-0.05, 0) is 18.8 Å². The zero-order valence-electron chi connectivity index (χ0n) is 10.7. The first-order valence-electron chi connectivity index (χ1n) is 5.47. The number of rotatable bonds is 5. The van der Waals surface area contributed by atoms with Gasteiger partial charge in [-0.2, -0.15) is 0 Å². The van der Waals surface area contributed by atoms with E-state index in [1.807, 2.05) is 13.8 Å². The fourth-order valence-corrected chi connectivity index (χ4v) is 1.34. The predicted octanol–water partition coefficient (Wildman–Crippen LogP) is 1.10. The SMILES string of the molecule is COC(C)(C)c1nc(Cn2ncc([N+](=O)[O-])n2)co1. The van der Waals surface area contributed by atoms with Crippen LogP contribution in [0.1, 0.15) is 25.4 Å². The Kier molecular flexibility index (Phi) is 3.30. The van der Waals surface area contributed by atoms with Crippen LogP contribution in [-0.2, 0) is 16.9 Å². The molecule has 2 heterocycles. The van der Waals surface area contributed by atoms with Crippen LogP contribution < -0.4 is 0 Å². The molecular formula is C10H13N5O4. The predicted molar refractivity (Wildman–Crippen MR) is 62.3 cm³/mol. The molecule has 0 aliphatic rings. The maximum Gasteiger partial charge on any atom is 0.410 e. The molecule has 0 bridgehead atoms. The molecule has 0 aromatic carbocycles. The van der Waals surface area contributed by atoms with E-state index >= 15 is 0 Å². The molecule has 9 heteroatoms. The van der Waals surface area contributed by atoms with Crippen LogP contribution in [0.15, 0.2) is 16.9 Å². The number of hydrogen-bond donors (Lipinski definition) is 0. The van der Waals surface area contributed by atoms with Crippen LogP contribution in [0.3, 0.4) is 0 Å². The molecule has 0 N–H and O–H groups in total. The van der Waals surface area contributed by atoms with Gasteiger partial charge in [-0.15, -0.1) is 5.10 Å². The Morgan fingerprint density at radius 1 is 1.58 bits per heavy atom. The van der Waals surface area contributed by atoms with E-state index in [-0.39, 0.29) is 12.4 Å². The molecule has 0 aliphatic heterocycles. The monoisotopic (exact) mass is 267 g/mol. The van der Waals surface area contributed by atoms with Gasteiger partial charge in [-0.25, -0.2) is 4.98 Å². The van der Waals surface area contributed by atoms with Gasteiger partial charge in [-0.3, -0.25) is 0 Å². The molecule has 19 heavy (non-hydrogen) atoms. The van der Waals surface area contributed by atoms with Gasteiger partial charge in [0.05, 0.1) is 5.10 Å². The Hall–Kier alpha value is -2.29. The number of hydrogen-bond acceptors (Lipinski definition) is 7. The van der Waals surface area contributed by atoms with Crippen LogP contribution in [0, 0.1) is 10.1 Å².